The summed E-state index contributed by atoms with van der Waals surface area (Å²) in [6.45, 7) is 2.31. The second kappa shape index (κ2) is 11.1. The third-order valence-electron chi connectivity index (χ3n) is 6.99. The van der Waals surface area contributed by atoms with Crippen LogP contribution in [-0.4, -0.2) is 74.7 Å². The normalized spacial score (nSPS) is 23.1. The average Bonchev–Trinajstić information content (AvgIpc) is 3.11. The van der Waals surface area contributed by atoms with Crippen LogP contribution >= 0.6 is 0 Å². The van der Waals surface area contributed by atoms with Crippen molar-refractivity contribution < 1.29 is 22.7 Å². The molecule has 0 bridgehead atoms. The maximum atomic E-state index is 15.5. The van der Waals surface area contributed by atoms with Crippen LogP contribution in [0.25, 0.3) is 0 Å². The fourth-order valence-corrected chi connectivity index (χ4v) is 4.91. The fourth-order valence-electron chi connectivity index (χ4n) is 4.91. The number of fused-ring (bicyclic) bond motifs is 1. The lowest BCUT2D eigenvalue weighted by atomic mass is 9.81. The molecule has 1 aliphatic heterocycles. The van der Waals surface area contributed by atoms with E-state index >= 15 is 4.39 Å². The van der Waals surface area contributed by atoms with Gasteiger partial charge in [0, 0.05) is 57.8 Å². The lowest BCUT2D eigenvalue weighted by Gasteiger charge is -2.35. The van der Waals surface area contributed by atoms with Gasteiger partial charge in [0.15, 0.2) is 6.61 Å². The van der Waals surface area contributed by atoms with Gasteiger partial charge >= 0.3 is 0 Å². The SMILES string of the molecule is Cn1ncc(CC(=O)N[C@H]2CC[C@](F)(CCN3CCc4ccc(OCC(C)(F)F)nc4CC3)CC2)n1. The highest BCUT2D eigenvalue weighted by atomic mass is 19.3. The summed E-state index contributed by atoms with van der Waals surface area (Å²) in [5.74, 6) is -2.80. The van der Waals surface area contributed by atoms with Gasteiger partial charge in [-0.15, -0.1) is 0 Å². The molecule has 2 aromatic heterocycles. The van der Waals surface area contributed by atoms with E-state index < -0.39 is 18.2 Å². The molecule has 11 heteroatoms. The van der Waals surface area contributed by atoms with E-state index in [1.807, 2.05) is 6.07 Å². The van der Waals surface area contributed by atoms with Crippen LogP contribution in [0.4, 0.5) is 13.2 Å². The van der Waals surface area contributed by atoms with E-state index in [1.54, 1.807) is 19.3 Å². The Morgan fingerprint density at radius 1 is 1.25 bits per heavy atom. The number of hydrogen-bond acceptors (Lipinski definition) is 6. The molecule has 0 atom stereocenters. The number of hydrogen-bond donors (Lipinski definition) is 1. The molecular formula is C25H35F3N6O2. The van der Waals surface area contributed by atoms with Crippen LogP contribution in [0.3, 0.4) is 0 Å². The van der Waals surface area contributed by atoms with Crippen LogP contribution in [0.2, 0.25) is 0 Å². The third kappa shape index (κ3) is 7.65. The molecule has 1 amide bonds. The maximum Gasteiger partial charge on any atom is 0.278 e. The Labute approximate surface area is 209 Å². The number of aromatic nitrogens is 4. The molecular weight excluding hydrogens is 473 g/mol. The van der Waals surface area contributed by atoms with Crippen molar-refractivity contribution in [1.82, 2.24) is 30.2 Å². The number of aryl methyl sites for hydroxylation is 1. The van der Waals surface area contributed by atoms with E-state index in [-0.39, 0.29) is 24.2 Å². The first kappa shape index (κ1) is 26.4. The number of ether oxygens (including phenoxy) is 1. The number of carbonyl (C=O) groups is 1. The fraction of sp³-hybridized carbons (Fsp3) is 0.680. The Kier molecular flexibility index (Phi) is 8.17. The predicted octanol–water partition coefficient (Wildman–Crippen LogP) is 3.04. The van der Waals surface area contributed by atoms with Crippen LogP contribution in [0.15, 0.2) is 18.3 Å². The molecule has 2 aliphatic rings. The summed E-state index contributed by atoms with van der Waals surface area (Å²) in [7, 11) is 1.70. The molecule has 0 saturated heterocycles. The number of nitrogens with one attached hydrogen (secondary N) is 1. The van der Waals surface area contributed by atoms with Gasteiger partial charge in [-0.05, 0) is 44.1 Å². The molecule has 2 aromatic rings. The van der Waals surface area contributed by atoms with E-state index in [4.69, 9.17) is 4.74 Å². The Balaban J connectivity index is 1.19. The standard InChI is InChI=1S/C25H35F3N6O2/c1-24(26,27)17-36-23-4-3-18-7-12-34(13-8-21(18)31-23)14-11-25(28)9-5-19(6-10-25)30-22(35)15-20-16-29-33(2)32-20/h3-4,16,19H,5-15,17H2,1-2H3,(H,30,35)/t19-,25+. The molecule has 0 spiro atoms. The zero-order valence-corrected chi connectivity index (χ0v) is 21.0. The monoisotopic (exact) mass is 508 g/mol. The van der Waals surface area contributed by atoms with Crippen LogP contribution in [0.1, 0.15) is 56.0 Å². The minimum absolute atomic E-state index is 0.0131. The van der Waals surface area contributed by atoms with E-state index in [0.717, 1.165) is 37.7 Å². The molecule has 36 heavy (non-hydrogen) atoms. The number of pyridine rings is 1. The van der Waals surface area contributed by atoms with Crippen LogP contribution < -0.4 is 10.1 Å². The summed E-state index contributed by atoms with van der Waals surface area (Å²) in [6, 6.07) is 3.52. The Bertz CT molecular complexity index is 1030. The van der Waals surface area contributed by atoms with Gasteiger partial charge in [0.1, 0.15) is 5.67 Å². The first-order valence-electron chi connectivity index (χ1n) is 12.6. The van der Waals surface area contributed by atoms with Crippen LogP contribution in [-0.2, 0) is 31.1 Å². The second-order valence-corrected chi connectivity index (χ2v) is 10.2. The van der Waals surface area contributed by atoms with Gasteiger partial charge in [-0.1, -0.05) is 6.07 Å². The van der Waals surface area contributed by atoms with Crippen molar-refractivity contribution in [3.8, 4) is 5.88 Å². The number of amides is 1. The zero-order chi connectivity index (χ0) is 25.8. The molecule has 0 aromatic carbocycles. The highest BCUT2D eigenvalue weighted by Crippen LogP contribution is 2.35. The molecule has 1 saturated carbocycles. The topological polar surface area (TPSA) is 85.2 Å². The Morgan fingerprint density at radius 2 is 2.00 bits per heavy atom. The van der Waals surface area contributed by atoms with Gasteiger partial charge in [0.2, 0.25) is 11.8 Å². The Morgan fingerprint density at radius 3 is 2.69 bits per heavy atom. The van der Waals surface area contributed by atoms with E-state index in [1.165, 1.54) is 4.80 Å². The average molecular weight is 509 g/mol. The van der Waals surface area contributed by atoms with E-state index in [9.17, 15) is 13.6 Å². The van der Waals surface area contributed by atoms with Crippen molar-refractivity contribution in [2.24, 2.45) is 7.05 Å². The maximum absolute atomic E-state index is 15.5. The second-order valence-electron chi connectivity index (χ2n) is 10.2. The van der Waals surface area contributed by atoms with Gasteiger partial charge in [-0.2, -0.15) is 15.0 Å². The summed E-state index contributed by atoms with van der Waals surface area (Å²) in [5, 5.41) is 11.1. The predicted molar refractivity (Wildman–Crippen MR) is 128 cm³/mol. The number of halogens is 3. The minimum atomic E-state index is -2.91. The third-order valence-corrected chi connectivity index (χ3v) is 6.99. The number of nitrogens with zero attached hydrogens (tertiary/aromatic N) is 5. The molecule has 1 aliphatic carbocycles. The van der Waals surface area contributed by atoms with Gasteiger partial charge in [-0.25, -0.2) is 18.2 Å². The Hall–Kier alpha value is -2.69. The van der Waals surface area contributed by atoms with Gasteiger partial charge in [0.05, 0.1) is 18.3 Å². The van der Waals surface area contributed by atoms with Gasteiger partial charge in [-0.3, -0.25) is 4.79 Å². The molecule has 198 valence electrons. The lowest BCUT2D eigenvalue weighted by Crippen LogP contribution is -2.43. The summed E-state index contributed by atoms with van der Waals surface area (Å²) in [4.78, 5) is 20.4. The molecule has 1 fully saturated rings. The van der Waals surface area contributed by atoms with E-state index in [0.29, 0.717) is 50.8 Å². The molecule has 0 radical (unpaired) electrons. The van der Waals surface area contributed by atoms with Crippen molar-refractivity contribution in [3.05, 3.63) is 35.3 Å². The van der Waals surface area contributed by atoms with Gasteiger partial charge < -0.3 is 15.0 Å². The first-order valence-corrected chi connectivity index (χ1v) is 12.6. The van der Waals surface area contributed by atoms with Crippen LogP contribution in [0, 0.1) is 0 Å². The van der Waals surface area contributed by atoms with Crippen molar-refractivity contribution in [3.63, 3.8) is 0 Å². The minimum Gasteiger partial charge on any atom is -0.471 e. The molecule has 1 N–H and O–H groups in total. The van der Waals surface area contributed by atoms with Crippen molar-refractivity contribution in [2.45, 2.75) is 75.9 Å². The van der Waals surface area contributed by atoms with Crippen molar-refractivity contribution in [2.75, 3.05) is 26.2 Å². The smallest absolute Gasteiger partial charge is 0.278 e. The number of rotatable bonds is 9. The number of carbonyl (C=O) groups excluding carboxylic acids is 1. The largest absolute Gasteiger partial charge is 0.471 e. The lowest BCUT2D eigenvalue weighted by molar-refractivity contribution is -0.121. The molecule has 3 heterocycles. The molecule has 0 unspecified atom stereocenters. The summed E-state index contributed by atoms with van der Waals surface area (Å²) in [5.41, 5.74) is 1.34. The molecule has 8 nitrogen and oxygen atoms in total. The van der Waals surface area contributed by atoms with Crippen LogP contribution in [0.5, 0.6) is 5.88 Å². The quantitative estimate of drug-likeness (QED) is 0.561. The summed E-state index contributed by atoms with van der Waals surface area (Å²) >= 11 is 0. The highest BCUT2D eigenvalue weighted by Gasteiger charge is 2.36. The summed E-state index contributed by atoms with van der Waals surface area (Å²) in [6.07, 6.45) is 5.77. The van der Waals surface area contributed by atoms with Crippen molar-refractivity contribution in [1.29, 1.82) is 0 Å². The first-order chi connectivity index (χ1) is 17.1. The van der Waals surface area contributed by atoms with Gasteiger partial charge in [0.25, 0.3) is 5.92 Å². The van der Waals surface area contributed by atoms with Crippen molar-refractivity contribution >= 4 is 5.91 Å². The summed E-state index contributed by atoms with van der Waals surface area (Å²) < 4.78 is 46.8. The highest BCUT2D eigenvalue weighted by molar-refractivity contribution is 5.78. The van der Waals surface area contributed by atoms with E-state index in [2.05, 4.69) is 25.4 Å². The zero-order valence-electron chi connectivity index (χ0n) is 21.0. The molecule has 4 rings (SSSR count). The number of alkyl halides is 3.